The molecular formula is C32H45FN8O4. The van der Waals surface area contributed by atoms with Crippen LogP contribution in [0.1, 0.15) is 50.5 Å². The third-order valence-corrected chi connectivity index (χ3v) is 9.20. The number of piperidine rings is 1. The number of piperazine rings is 1. The van der Waals surface area contributed by atoms with E-state index in [2.05, 4.69) is 30.8 Å². The Hall–Kier alpha value is -4.00. The molecule has 13 heteroatoms. The Morgan fingerprint density at radius 1 is 0.978 bits per heavy atom. The predicted molar refractivity (Wildman–Crippen MR) is 170 cm³/mol. The van der Waals surface area contributed by atoms with Crippen molar-refractivity contribution in [2.45, 2.75) is 57.4 Å². The second kappa shape index (κ2) is 15.3. The van der Waals surface area contributed by atoms with Crippen molar-refractivity contribution in [3.63, 3.8) is 0 Å². The van der Waals surface area contributed by atoms with Crippen molar-refractivity contribution in [3.05, 3.63) is 42.0 Å². The van der Waals surface area contributed by atoms with E-state index < -0.39 is 23.7 Å². The van der Waals surface area contributed by atoms with E-state index in [1.165, 1.54) is 25.6 Å². The van der Waals surface area contributed by atoms with E-state index in [-0.39, 0.29) is 36.5 Å². The molecule has 3 heterocycles. The van der Waals surface area contributed by atoms with E-state index in [1.54, 1.807) is 34.1 Å². The fourth-order valence-corrected chi connectivity index (χ4v) is 6.38. The molecule has 2 saturated heterocycles. The van der Waals surface area contributed by atoms with Crippen molar-refractivity contribution in [3.8, 4) is 0 Å². The first kappa shape index (κ1) is 32.4. The molecule has 0 bridgehead atoms. The van der Waals surface area contributed by atoms with Gasteiger partial charge in [-0.25, -0.2) is 19.6 Å². The number of aromatic nitrogens is 2. The average molecular weight is 625 g/mol. The van der Waals surface area contributed by atoms with Crippen LogP contribution in [-0.2, 0) is 16.0 Å². The number of benzene rings is 1. The highest BCUT2D eigenvalue weighted by Crippen LogP contribution is 2.28. The van der Waals surface area contributed by atoms with Gasteiger partial charge in [0, 0.05) is 57.9 Å². The molecular weight excluding hydrogens is 579 g/mol. The van der Waals surface area contributed by atoms with Crippen LogP contribution >= 0.6 is 0 Å². The van der Waals surface area contributed by atoms with Gasteiger partial charge >= 0.3 is 12.0 Å². The molecule has 45 heavy (non-hydrogen) atoms. The summed E-state index contributed by atoms with van der Waals surface area (Å²) in [6.45, 7) is 4.41. The zero-order valence-corrected chi connectivity index (χ0v) is 26.0. The molecule has 3 amide bonds. The monoisotopic (exact) mass is 624 g/mol. The summed E-state index contributed by atoms with van der Waals surface area (Å²) in [4.78, 5) is 52.0. The first-order valence-corrected chi connectivity index (χ1v) is 16.1. The maximum absolute atomic E-state index is 15.5. The van der Waals surface area contributed by atoms with E-state index in [0.29, 0.717) is 56.2 Å². The number of rotatable bonds is 10. The first-order valence-electron chi connectivity index (χ1n) is 16.1. The zero-order chi connectivity index (χ0) is 31.8. The molecule has 3 fully saturated rings. The lowest BCUT2D eigenvalue weighted by Gasteiger charge is -2.33. The van der Waals surface area contributed by atoms with E-state index >= 15 is 4.39 Å². The topological polar surface area (TPSA) is 143 Å². The molecule has 1 aromatic carbocycles. The Labute approximate surface area is 263 Å². The number of aliphatic carboxylic acids is 1. The van der Waals surface area contributed by atoms with Gasteiger partial charge in [-0.05, 0) is 56.3 Å². The maximum atomic E-state index is 15.5. The smallest absolute Gasteiger partial charge is 0.326 e. The van der Waals surface area contributed by atoms with Gasteiger partial charge in [-0.1, -0.05) is 31.4 Å². The summed E-state index contributed by atoms with van der Waals surface area (Å²) in [7, 11) is 2.03. The Morgan fingerprint density at radius 2 is 1.71 bits per heavy atom. The Balaban J connectivity index is 1.14. The van der Waals surface area contributed by atoms with Crippen molar-refractivity contribution >= 4 is 35.2 Å². The van der Waals surface area contributed by atoms with Gasteiger partial charge in [0.1, 0.15) is 12.4 Å². The van der Waals surface area contributed by atoms with E-state index in [9.17, 15) is 19.5 Å². The van der Waals surface area contributed by atoms with Gasteiger partial charge in [-0.3, -0.25) is 4.79 Å². The standard InChI is InChI=1S/C32H45FN8O4/c1-39-14-16-40(17-15-39)32(45)37-25-11-9-22(10-12-25)18-26(31(43)44)38-30(42)24-8-5-13-41(20-24)29-27(33)28(35-21-36-29)34-19-23-6-3-2-4-7-23/h9-12,21,23-24,26H,2-8,13-20H2,1H3,(H,37,45)(H,38,42)(H,43,44)(H,34,35,36)/t24?,26-/m0/s1. The largest absolute Gasteiger partial charge is 0.480 e. The number of carboxylic acids is 1. The number of nitrogens with zero attached hydrogens (tertiary/aromatic N) is 5. The summed E-state index contributed by atoms with van der Waals surface area (Å²) in [6.07, 6.45) is 8.56. The van der Waals surface area contributed by atoms with Crippen molar-refractivity contribution < 1.29 is 23.9 Å². The summed E-state index contributed by atoms with van der Waals surface area (Å²) in [5, 5.41) is 18.6. The number of carboxylic acid groups (broad SMARTS) is 1. The van der Waals surface area contributed by atoms with Gasteiger partial charge in [0.2, 0.25) is 11.7 Å². The van der Waals surface area contributed by atoms with Gasteiger partial charge in [-0.2, -0.15) is 4.39 Å². The van der Waals surface area contributed by atoms with E-state index in [1.807, 2.05) is 7.05 Å². The van der Waals surface area contributed by atoms with Gasteiger partial charge in [-0.15, -0.1) is 0 Å². The zero-order valence-electron chi connectivity index (χ0n) is 26.0. The van der Waals surface area contributed by atoms with Crippen molar-refractivity contribution in [2.75, 3.05) is 68.4 Å². The third-order valence-electron chi connectivity index (χ3n) is 9.20. The lowest BCUT2D eigenvalue weighted by molar-refractivity contribution is -0.142. The molecule has 1 unspecified atom stereocenters. The quantitative estimate of drug-likeness (QED) is 0.313. The first-order chi connectivity index (χ1) is 21.8. The maximum Gasteiger partial charge on any atom is 0.326 e. The fraction of sp³-hybridized carbons (Fsp3) is 0.594. The molecule has 2 aliphatic heterocycles. The molecule has 4 N–H and O–H groups in total. The SMILES string of the molecule is CN1CCN(C(=O)Nc2ccc(C[C@H](NC(=O)C3CCCN(c4ncnc(NCC5CCCCC5)c4F)C3)C(=O)O)cc2)CC1. The number of amides is 3. The van der Waals surface area contributed by atoms with Crippen LogP contribution in [-0.4, -0.2) is 102 Å². The summed E-state index contributed by atoms with van der Waals surface area (Å²) < 4.78 is 15.5. The van der Waals surface area contributed by atoms with Crippen LogP contribution in [0.25, 0.3) is 0 Å². The van der Waals surface area contributed by atoms with Crippen LogP contribution in [0.5, 0.6) is 0 Å². The Bertz CT molecular complexity index is 1310. The van der Waals surface area contributed by atoms with Gasteiger partial charge < -0.3 is 35.8 Å². The molecule has 2 aromatic rings. The van der Waals surface area contributed by atoms with Gasteiger partial charge in [0.05, 0.1) is 5.92 Å². The average Bonchev–Trinajstić information content (AvgIpc) is 3.05. The summed E-state index contributed by atoms with van der Waals surface area (Å²) in [5.74, 6) is -1.72. The molecule has 0 radical (unpaired) electrons. The van der Waals surface area contributed by atoms with Crippen LogP contribution in [0.2, 0.25) is 0 Å². The number of likely N-dealkylation sites (N-methyl/N-ethyl adjacent to an activating group) is 1. The molecule has 12 nitrogen and oxygen atoms in total. The minimum absolute atomic E-state index is 0.0841. The fourth-order valence-electron chi connectivity index (χ4n) is 6.38. The number of halogens is 1. The van der Waals surface area contributed by atoms with Gasteiger partial charge in [0.15, 0.2) is 11.6 Å². The summed E-state index contributed by atoms with van der Waals surface area (Å²) >= 11 is 0. The number of anilines is 3. The molecule has 244 valence electrons. The molecule has 3 aliphatic rings. The molecule has 1 saturated carbocycles. The molecule has 0 spiro atoms. The van der Waals surface area contributed by atoms with Crippen molar-refractivity contribution in [2.24, 2.45) is 11.8 Å². The van der Waals surface area contributed by atoms with E-state index in [0.717, 1.165) is 25.9 Å². The number of hydrogen-bond donors (Lipinski definition) is 4. The van der Waals surface area contributed by atoms with Gasteiger partial charge in [0.25, 0.3) is 0 Å². The lowest BCUT2D eigenvalue weighted by Crippen LogP contribution is -2.49. The molecule has 1 aliphatic carbocycles. The number of hydrogen-bond acceptors (Lipinski definition) is 8. The normalized spacial score (nSPS) is 20.4. The predicted octanol–water partition coefficient (Wildman–Crippen LogP) is 3.42. The lowest BCUT2D eigenvalue weighted by atomic mass is 9.89. The molecule has 5 rings (SSSR count). The number of urea groups is 1. The van der Waals surface area contributed by atoms with Crippen LogP contribution < -0.4 is 20.9 Å². The second-order valence-corrected chi connectivity index (χ2v) is 12.6. The molecule has 2 atom stereocenters. The minimum Gasteiger partial charge on any atom is -0.480 e. The Kier molecular flexibility index (Phi) is 11.0. The number of nitrogens with one attached hydrogen (secondary N) is 3. The highest BCUT2D eigenvalue weighted by Gasteiger charge is 2.31. The minimum atomic E-state index is -1.14. The van der Waals surface area contributed by atoms with Crippen molar-refractivity contribution in [1.82, 2.24) is 25.1 Å². The van der Waals surface area contributed by atoms with Crippen LogP contribution in [0.15, 0.2) is 30.6 Å². The number of carbonyl (C=O) groups excluding carboxylic acids is 2. The molecule has 1 aromatic heterocycles. The third kappa shape index (κ3) is 8.80. The highest BCUT2D eigenvalue weighted by atomic mass is 19.1. The van der Waals surface area contributed by atoms with Crippen molar-refractivity contribution in [1.29, 1.82) is 0 Å². The highest BCUT2D eigenvalue weighted by molar-refractivity contribution is 5.89. The summed E-state index contributed by atoms with van der Waals surface area (Å²) in [6, 6.07) is 5.67. The van der Waals surface area contributed by atoms with Crippen LogP contribution in [0.3, 0.4) is 0 Å². The van der Waals surface area contributed by atoms with Crippen LogP contribution in [0.4, 0.5) is 26.5 Å². The Morgan fingerprint density at radius 3 is 2.42 bits per heavy atom. The summed E-state index contributed by atoms with van der Waals surface area (Å²) in [5.41, 5.74) is 1.33. The van der Waals surface area contributed by atoms with E-state index in [4.69, 9.17) is 0 Å². The second-order valence-electron chi connectivity index (χ2n) is 12.6. The van der Waals surface area contributed by atoms with Crippen LogP contribution in [0, 0.1) is 17.7 Å². The number of carbonyl (C=O) groups is 3.